The molecule has 0 radical (unpaired) electrons. The zero-order chi connectivity index (χ0) is 22.0. The molecule has 4 rings (SSSR count). The van der Waals surface area contributed by atoms with Crippen LogP contribution in [0, 0.1) is 23.5 Å². The number of carboxylic acids is 1. The van der Waals surface area contributed by atoms with E-state index in [1.165, 1.54) is 4.57 Å². The Morgan fingerprint density at radius 2 is 1.90 bits per heavy atom. The maximum atomic E-state index is 15.5. The Morgan fingerprint density at radius 3 is 2.40 bits per heavy atom. The summed E-state index contributed by atoms with van der Waals surface area (Å²) >= 11 is 0. The SMILES string of the molecule is NC[C@H]1CN(c2c(F)cc3c(=O)c(C(=O)O)cn(C4CC4)c3c2F)C[C@@H]1C(F)(F)F. The van der Waals surface area contributed by atoms with Gasteiger partial charge in [0.2, 0.25) is 5.43 Å². The van der Waals surface area contributed by atoms with Crippen LogP contribution in [-0.2, 0) is 0 Å². The molecule has 1 aliphatic heterocycles. The van der Waals surface area contributed by atoms with E-state index in [1.807, 2.05) is 0 Å². The van der Waals surface area contributed by atoms with Gasteiger partial charge in [-0.05, 0) is 25.5 Å². The second kappa shape index (κ2) is 6.93. The van der Waals surface area contributed by atoms with Crippen LogP contribution in [0.2, 0.25) is 0 Å². The van der Waals surface area contributed by atoms with E-state index in [1.54, 1.807) is 0 Å². The molecule has 0 spiro atoms. The Labute approximate surface area is 166 Å². The van der Waals surface area contributed by atoms with Crippen LogP contribution in [0.15, 0.2) is 17.1 Å². The lowest BCUT2D eigenvalue weighted by Gasteiger charge is -2.23. The number of halogens is 5. The Bertz CT molecular complexity index is 1090. The van der Waals surface area contributed by atoms with E-state index in [4.69, 9.17) is 5.73 Å². The van der Waals surface area contributed by atoms with Crippen LogP contribution in [0.25, 0.3) is 10.9 Å². The smallest absolute Gasteiger partial charge is 0.393 e. The maximum Gasteiger partial charge on any atom is 0.393 e. The molecule has 0 amide bonds. The molecule has 6 nitrogen and oxygen atoms in total. The van der Waals surface area contributed by atoms with E-state index in [0.717, 1.165) is 11.1 Å². The quantitative estimate of drug-likeness (QED) is 0.727. The monoisotopic (exact) mass is 431 g/mol. The molecule has 2 atom stereocenters. The minimum Gasteiger partial charge on any atom is -0.477 e. The molecule has 1 aliphatic carbocycles. The van der Waals surface area contributed by atoms with Crippen molar-refractivity contribution in [2.24, 2.45) is 17.6 Å². The summed E-state index contributed by atoms with van der Waals surface area (Å²) in [4.78, 5) is 24.8. The van der Waals surface area contributed by atoms with Crippen LogP contribution >= 0.6 is 0 Å². The summed E-state index contributed by atoms with van der Waals surface area (Å²) in [5, 5.41) is 8.80. The van der Waals surface area contributed by atoms with Crippen molar-refractivity contribution >= 4 is 22.6 Å². The van der Waals surface area contributed by atoms with Gasteiger partial charge in [-0.3, -0.25) is 4.79 Å². The second-order valence-electron chi connectivity index (χ2n) is 7.78. The summed E-state index contributed by atoms with van der Waals surface area (Å²) in [5.41, 5.74) is 2.81. The fraction of sp³-hybridized carbons (Fsp3) is 0.474. The fourth-order valence-electron chi connectivity index (χ4n) is 4.18. The highest BCUT2D eigenvalue weighted by Crippen LogP contribution is 2.43. The molecule has 2 aliphatic rings. The molecule has 3 N–H and O–H groups in total. The van der Waals surface area contributed by atoms with Crippen molar-refractivity contribution in [3.8, 4) is 0 Å². The molecular weight excluding hydrogens is 413 g/mol. The molecule has 162 valence electrons. The number of aromatic nitrogens is 1. The molecule has 2 heterocycles. The molecule has 1 saturated carbocycles. The van der Waals surface area contributed by atoms with Crippen molar-refractivity contribution in [2.45, 2.75) is 25.1 Å². The highest BCUT2D eigenvalue weighted by atomic mass is 19.4. The first-order valence-electron chi connectivity index (χ1n) is 9.36. The van der Waals surface area contributed by atoms with E-state index in [9.17, 15) is 32.3 Å². The molecule has 2 aromatic rings. The van der Waals surface area contributed by atoms with Gasteiger partial charge in [-0.1, -0.05) is 0 Å². The lowest BCUT2D eigenvalue weighted by Crippen LogP contribution is -2.33. The van der Waals surface area contributed by atoms with Crippen LogP contribution < -0.4 is 16.1 Å². The standard InChI is InChI=1S/C19H18F5N3O3/c20-13-3-10-15(27(9-1-2-9)6-11(17(10)28)18(29)30)14(21)16(13)26-5-8(4-25)12(7-26)19(22,23)24/h3,6,8-9,12H,1-2,4-5,7,25H2,(H,29,30)/t8-,12-/m0/s1. The third-order valence-corrected chi connectivity index (χ3v) is 5.83. The summed E-state index contributed by atoms with van der Waals surface area (Å²) in [6, 6.07) is 0.442. The van der Waals surface area contributed by atoms with Crippen molar-refractivity contribution in [3.63, 3.8) is 0 Å². The van der Waals surface area contributed by atoms with Crippen molar-refractivity contribution in [1.29, 1.82) is 0 Å². The molecule has 11 heteroatoms. The number of hydrogen-bond donors (Lipinski definition) is 2. The van der Waals surface area contributed by atoms with Gasteiger partial charge in [0.15, 0.2) is 5.82 Å². The predicted octanol–water partition coefficient (Wildman–Crippen LogP) is 2.89. The first-order chi connectivity index (χ1) is 14.0. The number of hydrogen-bond acceptors (Lipinski definition) is 4. The van der Waals surface area contributed by atoms with E-state index in [2.05, 4.69) is 0 Å². The number of nitrogens with two attached hydrogens (primary N) is 1. The van der Waals surface area contributed by atoms with Gasteiger partial charge in [0.05, 0.1) is 16.8 Å². The molecule has 2 fully saturated rings. The predicted molar refractivity (Wildman–Crippen MR) is 97.7 cm³/mol. The largest absolute Gasteiger partial charge is 0.477 e. The summed E-state index contributed by atoms with van der Waals surface area (Å²) in [7, 11) is 0. The van der Waals surface area contributed by atoms with E-state index >= 15 is 4.39 Å². The van der Waals surface area contributed by atoms with E-state index in [0.29, 0.717) is 18.9 Å². The second-order valence-corrected chi connectivity index (χ2v) is 7.78. The first kappa shape index (κ1) is 20.6. The van der Waals surface area contributed by atoms with Crippen LogP contribution in [-0.4, -0.2) is 41.5 Å². The molecule has 1 aromatic heterocycles. The van der Waals surface area contributed by atoms with E-state index in [-0.39, 0.29) is 24.6 Å². The van der Waals surface area contributed by atoms with Crippen molar-refractivity contribution < 1.29 is 31.9 Å². The number of fused-ring (bicyclic) bond motifs is 1. The zero-order valence-corrected chi connectivity index (χ0v) is 15.5. The Balaban J connectivity index is 1.91. The summed E-state index contributed by atoms with van der Waals surface area (Å²) in [5.74, 6) is -6.79. The van der Waals surface area contributed by atoms with Crippen LogP contribution in [0.3, 0.4) is 0 Å². The topological polar surface area (TPSA) is 88.6 Å². The number of benzene rings is 1. The average Bonchev–Trinajstić information content (AvgIpc) is 3.40. The third-order valence-electron chi connectivity index (χ3n) is 5.83. The Hall–Kier alpha value is -2.69. The lowest BCUT2D eigenvalue weighted by molar-refractivity contribution is -0.178. The molecule has 0 bridgehead atoms. The average molecular weight is 431 g/mol. The summed E-state index contributed by atoms with van der Waals surface area (Å²) < 4.78 is 71.6. The minimum absolute atomic E-state index is 0.266. The van der Waals surface area contributed by atoms with Gasteiger partial charge < -0.3 is 20.3 Å². The van der Waals surface area contributed by atoms with Gasteiger partial charge in [0.1, 0.15) is 17.1 Å². The maximum absolute atomic E-state index is 15.5. The molecule has 1 aromatic carbocycles. The van der Waals surface area contributed by atoms with Crippen molar-refractivity contribution in [3.05, 3.63) is 39.7 Å². The highest BCUT2D eigenvalue weighted by molar-refractivity contribution is 5.94. The van der Waals surface area contributed by atoms with Gasteiger partial charge in [0, 0.05) is 31.2 Å². The number of aromatic carboxylic acids is 1. The molecule has 0 unspecified atom stereocenters. The number of nitrogens with zero attached hydrogens (tertiary/aromatic N) is 2. The zero-order valence-electron chi connectivity index (χ0n) is 15.5. The van der Waals surface area contributed by atoms with Gasteiger partial charge in [-0.15, -0.1) is 0 Å². The molecule has 1 saturated heterocycles. The van der Waals surface area contributed by atoms with Crippen LogP contribution in [0.1, 0.15) is 29.2 Å². The molecule has 30 heavy (non-hydrogen) atoms. The Morgan fingerprint density at radius 1 is 1.23 bits per heavy atom. The third kappa shape index (κ3) is 3.21. The van der Waals surface area contributed by atoms with Gasteiger partial charge >= 0.3 is 12.1 Å². The fourth-order valence-corrected chi connectivity index (χ4v) is 4.18. The first-order valence-corrected chi connectivity index (χ1v) is 9.36. The lowest BCUT2D eigenvalue weighted by atomic mass is 9.96. The number of carbonyl (C=O) groups is 1. The van der Waals surface area contributed by atoms with Gasteiger partial charge in [0.25, 0.3) is 0 Å². The van der Waals surface area contributed by atoms with Crippen molar-refractivity contribution in [2.75, 3.05) is 24.5 Å². The number of anilines is 1. The Kier molecular flexibility index (Phi) is 4.75. The molecular formula is C19H18F5N3O3. The van der Waals surface area contributed by atoms with Crippen LogP contribution in [0.5, 0.6) is 0 Å². The number of pyridine rings is 1. The van der Waals surface area contributed by atoms with Crippen molar-refractivity contribution in [1.82, 2.24) is 4.57 Å². The van der Waals surface area contributed by atoms with Crippen LogP contribution in [0.4, 0.5) is 27.6 Å². The summed E-state index contributed by atoms with van der Waals surface area (Å²) in [6.07, 6.45) is -2.34. The minimum atomic E-state index is -4.57. The number of alkyl halides is 3. The normalized spacial score (nSPS) is 22.1. The summed E-state index contributed by atoms with van der Waals surface area (Å²) in [6.45, 7) is -1.25. The van der Waals surface area contributed by atoms with E-state index < -0.39 is 64.2 Å². The highest BCUT2D eigenvalue weighted by Gasteiger charge is 2.50. The number of carboxylic acid groups (broad SMARTS) is 1. The van der Waals surface area contributed by atoms with Gasteiger partial charge in [-0.25, -0.2) is 13.6 Å². The van der Waals surface area contributed by atoms with Gasteiger partial charge in [-0.2, -0.15) is 13.2 Å². The number of rotatable bonds is 4.